The van der Waals surface area contributed by atoms with E-state index < -0.39 is 0 Å². The zero-order chi connectivity index (χ0) is 13.8. The van der Waals surface area contributed by atoms with Gasteiger partial charge in [-0.3, -0.25) is 0 Å². The van der Waals surface area contributed by atoms with Gasteiger partial charge in [0.25, 0.3) is 0 Å². The number of benzene rings is 1. The number of nitrogens with zero attached hydrogens (tertiary/aromatic N) is 2. The lowest BCUT2D eigenvalue weighted by Gasteiger charge is -2.07. The van der Waals surface area contributed by atoms with Crippen LogP contribution in [0.25, 0.3) is 11.4 Å². The van der Waals surface area contributed by atoms with Crippen LogP contribution in [0.15, 0.2) is 22.7 Å². The highest BCUT2D eigenvalue weighted by Gasteiger charge is 2.12. The van der Waals surface area contributed by atoms with E-state index in [2.05, 4.69) is 15.5 Å². The minimum Gasteiger partial charge on any atom is -0.504 e. The highest BCUT2D eigenvalue weighted by Crippen LogP contribution is 2.29. The van der Waals surface area contributed by atoms with Crippen molar-refractivity contribution >= 4 is 0 Å². The van der Waals surface area contributed by atoms with Crippen LogP contribution in [0, 0.1) is 0 Å². The van der Waals surface area contributed by atoms with Gasteiger partial charge < -0.3 is 20.1 Å². The van der Waals surface area contributed by atoms with Crippen LogP contribution in [-0.2, 0) is 6.42 Å². The summed E-state index contributed by atoms with van der Waals surface area (Å²) in [7, 11) is 0. The van der Waals surface area contributed by atoms with Crippen LogP contribution in [0.1, 0.15) is 19.7 Å². The number of phenolic OH excluding ortho intramolecular Hbond substituents is 2. The van der Waals surface area contributed by atoms with E-state index in [1.807, 2.05) is 13.8 Å². The summed E-state index contributed by atoms with van der Waals surface area (Å²) < 4.78 is 5.16. The average Bonchev–Trinajstić information content (AvgIpc) is 2.81. The molecule has 0 fully saturated rings. The molecule has 6 nitrogen and oxygen atoms in total. The van der Waals surface area contributed by atoms with Gasteiger partial charge in [0.05, 0.1) is 0 Å². The van der Waals surface area contributed by atoms with Crippen LogP contribution in [0.5, 0.6) is 11.5 Å². The molecule has 0 amide bonds. The predicted molar refractivity (Wildman–Crippen MR) is 69.9 cm³/mol. The molecule has 0 aliphatic heterocycles. The summed E-state index contributed by atoms with van der Waals surface area (Å²) in [4.78, 5) is 4.26. The number of aromatic nitrogens is 2. The molecule has 2 rings (SSSR count). The number of nitrogens with one attached hydrogen (secondary N) is 1. The van der Waals surface area contributed by atoms with Crippen molar-refractivity contribution in [1.29, 1.82) is 0 Å². The van der Waals surface area contributed by atoms with Gasteiger partial charge in [-0.25, -0.2) is 0 Å². The molecular weight excluding hydrogens is 246 g/mol. The second-order valence-electron chi connectivity index (χ2n) is 4.38. The van der Waals surface area contributed by atoms with Gasteiger partial charge in [-0.05, 0) is 31.7 Å². The summed E-state index contributed by atoms with van der Waals surface area (Å²) in [5, 5.41) is 25.8. The number of aromatic hydroxyl groups is 2. The van der Waals surface area contributed by atoms with Crippen LogP contribution in [-0.4, -0.2) is 32.9 Å². The molecule has 102 valence electrons. The maximum absolute atomic E-state index is 9.44. The van der Waals surface area contributed by atoms with Crippen molar-refractivity contribution in [1.82, 2.24) is 15.5 Å². The second-order valence-corrected chi connectivity index (χ2v) is 4.38. The van der Waals surface area contributed by atoms with Gasteiger partial charge in [-0.15, -0.1) is 0 Å². The van der Waals surface area contributed by atoms with Gasteiger partial charge in [0.1, 0.15) is 0 Å². The summed E-state index contributed by atoms with van der Waals surface area (Å²) in [6, 6.07) is 4.67. The van der Waals surface area contributed by atoms with Crippen molar-refractivity contribution < 1.29 is 14.7 Å². The van der Waals surface area contributed by atoms with Gasteiger partial charge in [-0.1, -0.05) is 12.1 Å². The third kappa shape index (κ3) is 3.23. The standard InChI is InChI=1S/C13H17N3O3/c1-3-14-8(2)6-12-15-13(16-19-12)9-4-5-10(17)11(18)7-9/h4-5,7-8,14,17-18H,3,6H2,1-2H3. The van der Waals surface area contributed by atoms with E-state index in [4.69, 9.17) is 4.52 Å². The summed E-state index contributed by atoms with van der Waals surface area (Å²) in [6.45, 7) is 4.96. The second kappa shape index (κ2) is 5.71. The Morgan fingerprint density at radius 1 is 1.32 bits per heavy atom. The summed E-state index contributed by atoms with van der Waals surface area (Å²) >= 11 is 0. The molecular formula is C13H17N3O3. The summed E-state index contributed by atoms with van der Waals surface area (Å²) in [5.41, 5.74) is 0.599. The van der Waals surface area contributed by atoms with Crippen molar-refractivity contribution in [3.05, 3.63) is 24.1 Å². The molecule has 0 aliphatic rings. The predicted octanol–water partition coefficient (Wildman–Crippen LogP) is 1.69. The summed E-state index contributed by atoms with van der Waals surface area (Å²) in [5.74, 6) is 0.558. The Morgan fingerprint density at radius 2 is 2.11 bits per heavy atom. The van der Waals surface area contributed by atoms with Crippen molar-refractivity contribution in [3.63, 3.8) is 0 Å². The topological polar surface area (TPSA) is 91.4 Å². The zero-order valence-electron chi connectivity index (χ0n) is 10.9. The molecule has 1 atom stereocenters. The van der Waals surface area contributed by atoms with Crippen LogP contribution >= 0.6 is 0 Å². The van der Waals surface area contributed by atoms with E-state index in [9.17, 15) is 10.2 Å². The van der Waals surface area contributed by atoms with Crippen molar-refractivity contribution in [3.8, 4) is 22.9 Å². The van der Waals surface area contributed by atoms with E-state index in [1.54, 1.807) is 6.07 Å². The highest BCUT2D eigenvalue weighted by atomic mass is 16.5. The molecule has 0 aliphatic carbocycles. The van der Waals surface area contributed by atoms with E-state index in [-0.39, 0.29) is 17.5 Å². The minimum atomic E-state index is -0.204. The third-order valence-corrected chi connectivity index (χ3v) is 2.74. The van der Waals surface area contributed by atoms with Crippen LogP contribution < -0.4 is 5.32 Å². The fraction of sp³-hybridized carbons (Fsp3) is 0.385. The monoisotopic (exact) mass is 263 g/mol. The fourth-order valence-corrected chi connectivity index (χ4v) is 1.80. The Labute approximate surface area is 111 Å². The molecule has 1 unspecified atom stereocenters. The molecule has 0 saturated carbocycles. The average molecular weight is 263 g/mol. The molecule has 0 radical (unpaired) electrons. The van der Waals surface area contributed by atoms with Crippen molar-refractivity contribution in [2.75, 3.05) is 6.54 Å². The molecule has 6 heteroatoms. The number of rotatable bonds is 5. The largest absolute Gasteiger partial charge is 0.504 e. The molecule has 0 spiro atoms. The van der Waals surface area contributed by atoms with Gasteiger partial charge in [-0.2, -0.15) is 4.98 Å². The molecule has 1 aromatic carbocycles. The number of hydrogen-bond donors (Lipinski definition) is 3. The van der Waals surface area contributed by atoms with Crippen LogP contribution in [0.4, 0.5) is 0 Å². The molecule has 1 aromatic heterocycles. The Bertz CT molecular complexity index is 554. The van der Waals surface area contributed by atoms with Gasteiger partial charge in [0, 0.05) is 18.0 Å². The molecule has 1 heterocycles. The first kappa shape index (κ1) is 13.4. The van der Waals surface area contributed by atoms with Crippen LogP contribution in [0.2, 0.25) is 0 Å². The number of likely N-dealkylation sites (N-methyl/N-ethyl adjacent to an activating group) is 1. The van der Waals surface area contributed by atoms with Gasteiger partial charge in [0.15, 0.2) is 11.5 Å². The molecule has 0 saturated heterocycles. The highest BCUT2D eigenvalue weighted by molar-refractivity contribution is 5.59. The lowest BCUT2D eigenvalue weighted by atomic mass is 10.2. The first-order valence-corrected chi connectivity index (χ1v) is 6.18. The maximum atomic E-state index is 9.44. The minimum absolute atomic E-state index is 0.173. The molecule has 3 N–H and O–H groups in total. The maximum Gasteiger partial charge on any atom is 0.228 e. The van der Waals surface area contributed by atoms with E-state index >= 15 is 0 Å². The zero-order valence-corrected chi connectivity index (χ0v) is 10.9. The van der Waals surface area contributed by atoms with Gasteiger partial charge in [0.2, 0.25) is 11.7 Å². The van der Waals surface area contributed by atoms with Crippen molar-refractivity contribution in [2.45, 2.75) is 26.3 Å². The van der Waals surface area contributed by atoms with E-state index in [0.29, 0.717) is 23.7 Å². The normalized spacial score (nSPS) is 12.5. The van der Waals surface area contributed by atoms with Crippen molar-refractivity contribution in [2.24, 2.45) is 0 Å². The Balaban J connectivity index is 2.14. The molecule has 0 bridgehead atoms. The Morgan fingerprint density at radius 3 is 2.79 bits per heavy atom. The first-order chi connectivity index (χ1) is 9.10. The van der Waals surface area contributed by atoms with E-state index in [0.717, 1.165) is 6.54 Å². The van der Waals surface area contributed by atoms with E-state index in [1.165, 1.54) is 12.1 Å². The Hall–Kier alpha value is -2.08. The number of phenols is 2. The SMILES string of the molecule is CCNC(C)Cc1nc(-c2ccc(O)c(O)c2)no1. The van der Waals surface area contributed by atoms with Crippen LogP contribution in [0.3, 0.4) is 0 Å². The molecule has 2 aromatic rings. The quantitative estimate of drug-likeness (QED) is 0.711. The lowest BCUT2D eigenvalue weighted by Crippen LogP contribution is -2.27. The van der Waals surface area contributed by atoms with Gasteiger partial charge >= 0.3 is 0 Å². The smallest absolute Gasteiger partial charge is 0.228 e. The third-order valence-electron chi connectivity index (χ3n) is 2.74. The Kier molecular flexibility index (Phi) is 4.01. The summed E-state index contributed by atoms with van der Waals surface area (Å²) in [6.07, 6.45) is 0.644. The fourth-order valence-electron chi connectivity index (χ4n) is 1.80. The molecule has 19 heavy (non-hydrogen) atoms. The first-order valence-electron chi connectivity index (χ1n) is 6.18. The lowest BCUT2D eigenvalue weighted by molar-refractivity contribution is 0.363. The number of hydrogen-bond acceptors (Lipinski definition) is 6.